The fraction of sp³-hybridized carbons (Fsp3) is 0.444. The molecule has 5 heteroatoms. The molecule has 23 heavy (non-hydrogen) atoms. The number of aromatic nitrogens is 2. The van der Waals surface area contributed by atoms with Gasteiger partial charge in [-0.25, -0.2) is 4.98 Å². The van der Waals surface area contributed by atoms with E-state index in [2.05, 4.69) is 32.8 Å². The summed E-state index contributed by atoms with van der Waals surface area (Å²) in [4.78, 5) is 18.4. The van der Waals surface area contributed by atoms with Crippen LogP contribution in [0.25, 0.3) is 5.69 Å². The van der Waals surface area contributed by atoms with E-state index in [0.717, 1.165) is 30.3 Å². The van der Waals surface area contributed by atoms with Crippen LogP contribution in [0.15, 0.2) is 36.7 Å². The number of piperidine rings is 1. The van der Waals surface area contributed by atoms with Crippen LogP contribution in [0, 0.1) is 0 Å². The van der Waals surface area contributed by atoms with Crippen LogP contribution in [0.4, 0.5) is 5.69 Å². The number of nitrogens with zero attached hydrogens (tertiary/aromatic N) is 3. The Morgan fingerprint density at radius 1 is 1.43 bits per heavy atom. The summed E-state index contributed by atoms with van der Waals surface area (Å²) < 4.78 is 2.15. The van der Waals surface area contributed by atoms with Gasteiger partial charge in [-0.2, -0.15) is 0 Å². The first-order valence-corrected chi connectivity index (χ1v) is 8.31. The Kier molecular flexibility index (Phi) is 4.76. The normalized spacial score (nSPS) is 18.8. The van der Waals surface area contributed by atoms with Crippen LogP contribution < -0.4 is 5.32 Å². The monoisotopic (exact) mass is 312 g/mol. The molecular formula is C18H24N4O. The lowest BCUT2D eigenvalue weighted by molar-refractivity contribution is -0.114. The molecule has 1 aliphatic rings. The number of likely N-dealkylation sites (N-methyl/N-ethyl adjacent to an activating group) is 1. The molecule has 1 aromatic carbocycles. The molecule has 5 nitrogen and oxygen atoms in total. The first kappa shape index (κ1) is 15.7. The molecule has 1 aliphatic heterocycles. The molecule has 1 N–H and O–H groups in total. The third-order valence-corrected chi connectivity index (χ3v) is 4.43. The topological polar surface area (TPSA) is 50.2 Å². The van der Waals surface area contributed by atoms with Crippen molar-refractivity contribution in [3.63, 3.8) is 0 Å². The van der Waals surface area contributed by atoms with Crippen LogP contribution in [-0.2, 0) is 4.79 Å². The van der Waals surface area contributed by atoms with Gasteiger partial charge in [0, 0.05) is 43.2 Å². The number of hydrogen-bond acceptors (Lipinski definition) is 3. The van der Waals surface area contributed by atoms with Crippen LogP contribution in [0.2, 0.25) is 0 Å². The Bertz CT molecular complexity index is 679. The van der Waals surface area contributed by atoms with Gasteiger partial charge in [-0.05, 0) is 44.1 Å². The van der Waals surface area contributed by atoms with Crippen molar-refractivity contribution in [2.45, 2.75) is 32.6 Å². The number of likely N-dealkylation sites (tertiary alicyclic amines) is 1. The maximum absolute atomic E-state index is 11.3. The fourth-order valence-corrected chi connectivity index (χ4v) is 3.33. The van der Waals surface area contributed by atoms with Crippen molar-refractivity contribution in [1.82, 2.24) is 14.5 Å². The Morgan fingerprint density at radius 2 is 2.30 bits per heavy atom. The maximum Gasteiger partial charge on any atom is 0.221 e. The van der Waals surface area contributed by atoms with Crippen LogP contribution >= 0.6 is 0 Å². The zero-order chi connectivity index (χ0) is 16.2. The smallest absolute Gasteiger partial charge is 0.221 e. The Labute approximate surface area is 137 Å². The number of nitrogens with one attached hydrogen (secondary N) is 1. The minimum atomic E-state index is -0.0566. The van der Waals surface area contributed by atoms with E-state index in [-0.39, 0.29) is 5.91 Å². The first-order valence-electron chi connectivity index (χ1n) is 8.31. The number of amides is 1. The van der Waals surface area contributed by atoms with Gasteiger partial charge in [0.1, 0.15) is 5.82 Å². The third kappa shape index (κ3) is 3.62. The molecule has 0 aliphatic carbocycles. The van der Waals surface area contributed by atoms with Gasteiger partial charge in [0.25, 0.3) is 0 Å². The fourth-order valence-electron chi connectivity index (χ4n) is 3.33. The van der Waals surface area contributed by atoms with E-state index in [0.29, 0.717) is 5.92 Å². The molecule has 0 radical (unpaired) electrons. The summed E-state index contributed by atoms with van der Waals surface area (Å²) in [5, 5.41) is 2.84. The second-order valence-corrected chi connectivity index (χ2v) is 6.12. The summed E-state index contributed by atoms with van der Waals surface area (Å²) in [5.74, 6) is 1.52. The molecule has 0 saturated carbocycles. The molecule has 1 atom stereocenters. The van der Waals surface area contributed by atoms with Gasteiger partial charge in [0.15, 0.2) is 0 Å². The first-order chi connectivity index (χ1) is 11.2. The lowest BCUT2D eigenvalue weighted by Crippen LogP contribution is -2.35. The van der Waals surface area contributed by atoms with Crippen molar-refractivity contribution < 1.29 is 4.79 Å². The quantitative estimate of drug-likeness (QED) is 0.944. The van der Waals surface area contributed by atoms with Gasteiger partial charge in [-0.1, -0.05) is 13.0 Å². The number of hydrogen-bond donors (Lipinski definition) is 1. The summed E-state index contributed by atoms with van der Waals surface area (Å²) in [6.07, 6.45) is 6.27. The third-order valence-electron chi connectivity index (χ3n) is 4.43. The van der Waals surface area contributed by atoms with Gasteiger partial charge in [0.05, 0.1) is 0 Å². The zero-order valence-electron chi connectivity index (χ0n) is 13.8. The van der Waals surface area contributed by atoms with E-state index in [1.807, 2.05) is 30.6 Å². The highest BCUT2D eigenvalue weighted by Gasteiger charge is 2.24. The second kappa shape index (κ2) is 6.96. The molecule has 0 bridgehead atoms. The van der Waals surface area contributed by atoms with Crippen molar-refractivity contribution in [3.05, 3.63) is 42.5 Å². The van der Waals surface area contributed by atoms with Gasteiger partial charge in [-0.15, -0.1) is 0 Å². The van der Waals surface area contributed by atoms with E-state index in [4.69, 9.17) is 0 Å². The summed E-state index contributed by atoms with van der Waals surface area (Å²) in [6.45, 7) is 7.09. The molecule has 0 unspecified atom stereocenters. The minimum Gasteiger partial charge on any atom is -0.326 e. The summed E-state index contributed by atoms with van der Waals surface area (Å²) >= 11 is 0. The van der Waals surface area contributed by atoms with Crippen LogP contribution in [0.5, 0.6) is 0 Å². The molecule has 2 aromatic rings. The van der Waals surface area contributed by atoms with Gasteiger partial charge >= 0.3 is 0 Å². The molecule has 1 amide bonds. The number of anilines is 1. The van der Waals surface area contributed by atoms with Crippen molar-refractivity contribution >= 4 is 11.6 Å². The Morgan fingerprint density at radius 3 is 3.09 bits per heavy atom. The molecule has 1 saturated heterocycles. The highest BCUT2D eigenvalue weighted by molar-refractivity contribution is 5.88. The summed E-state index contributed by atoms with van der Waals surface area (Å²) in [5.41, 5.74) is 1.85. The number of rotatable bonds is 4. The molecular weight excluding hydrogens is 288 g/mol. The zero-order valence-corrected chi connectivity index (χ0v) is 13.8. The molecule has 1 fully saturated rings. The largest absolute Gasteiger partial charge is 0.326 e. The Hall–Kier alpha value is -2.14. The van der Waals surface area contributed by atoms with Crippen molar-refractivity contribution in [1.29, 1.82) is 0 Å². The Balaban J connectivity index is 1.87. The average Bonchev–Trinajstić information content (AvgIpc) is 3.04. The van der Waals surface area contributed by atoms with Gasteiger partial charge in [0.2, 0.25) is 5.91 Å². The van der Waals surface area contributed by atoms with E-state index < -0.39 is 0 Å². The molecule has 2 heterocycles. The number of imidazole rings is 1. The number of benzene rings is 1. The van der Waals surface area contributed by atoms with Crippen LogP contribution in [-0.4, -0.2) is 40.0 Å². The molecule has 0 spiro atoms. The van der Waals surface area contributed by atoms with Crippen molar-refractivity contribution in [2.24, 2.45) is 0 Å². The molecule has 122 valence electrons. The number of carbonyl (C=O) groups excluding carboxylic acids is 1. The van der Waals surface area contributed by atoms with Gasteiger partial charge in [-0.3, -0.25) is 4.79 Å². The lowest BCUT2D eigenvalue weighted by Gasteiger charge is -2.31. The molecule has 1 aromatic heterocycles. The maximum atomic E-state index is 11.3. The average molecular weight is 312 g/mol. The van der Waals surface area contributed by atoms with Gasteiger partial charge < -0.3 is 14.8 Å². The number of carbonyl (C=O) groups is 1. The van der Waals surface area contributed by atoms with E-state index in [1.54, 1.807) is 0 Å². The van der Waals surface area contributed by atoms with E-state index in [9.17, 15) is 4.79 Å². The van der Waals surface area contributed by atoms with Crippen LogP contribution in [0.3, 0.4) is 0 Å². The van der Waals surface area contributed by atoms with Crippen molar-refractivity contribution in [3.8, 4) is 5.69 Å². The predicted octanol–water partition coefficient (Wildman–Crippen LogP) is 3.03. The predicted molar refractivity (Wildman–Crippen MR) is 92.0 cm³/mol. The SMILES string of the molecule is CCN1CCC[C@H](c2nccn2-c2cccc(NC(C)=O)c2)C1. The summed E-state index contributed by atoms with van der Waals surface area (Å²) in [6, 6.07) is 7.91. The highest BCUT2D eigenvalue weighted by Crippen LogP contribution is 2.28. The highest BCUT2D eigenvalue weighted by atomic mass is 16.1. The van der Waals surface area contributed by atoms with E-state index in [1.165, 1.54) is 26.3 Å². The minimum absolute atomic E-state index is 0.0566. The van der Waals surface area contributed by atoms with Crippen molar-refractivity contribution in [2.75, 3.05) is 25.0 Å². The van der Waals surface area contributed by atoms with E-state index >= 15 is 0 Å². The standard InChI is InChI=1S/C18H24N4O/c1-3-21-10-5-6-15(13-21)18-19-9-11-22(18)17-8-4-7-16(12-17)20-14(2)23/h4,7-9,11-12,15H,3,5-6,10,13H2,1-2H3,(H,20,23)/t15-/m0/s1. The van der Waals surface area contributed by atoms with Crippen LogP contribution in [0.1, 0.15) is 38.4 Å². The second-order valence-electron chi connectivity index (χ2n) is 6.12. The summed E-state index contributed by atoms with van der Waals surface area (Å²) in [7, 11) is 0. The lowest BCUT2D eigenvalue weighted by atomic mass is 9.97. The molecule has 3 rings (SSSR count).